The van der Waals surface area contributed by atoms with Gasteiger partial charge in [0.1, 0.15) is 5.75 Å². The Kier molecular flexibility index (Phi) is 5.07. The number of methoxy groups -OCH3 is 1. The van der Waals surface area contributed by atoms with Gasteiger partial charge >= 0.3 is 0 Å². The normalized spacial score (nSPS) is 10.6. The van der Waals surface area contributed by atoms with Crippen molar-refractivity contribution in [3.05, 3.63) is 77.4 Å². The number of Topliss-reactive ketones (excluding diaryl/α,β-unsaturated/α-hetero) is 1. The van der Waals surface area contributed by atoms with Crippen molar-refractivity contribution in [1.82, 2.24) is 4.57 Å². The molecule has 3 rings (SSSR count). The molecule has 4 nitrogen and oxygen atoms in total. The van der Waals surface area contributed by atoms with E-state index in [9.17, 15) is 9.18 Å². The zero-order valence-corrected chi connectivity index (χ0v) is 15.0. The monoisotopic (exact) mass is 353 g/mol. The van der Waals surface area contributed by atoms with Gasteiger partial charge in [0.15, 0.2) is 18.2 Å². The maximum Gasteiger partial charge on any atom is 0.202 e. The molecule has 1 aromatic heterocycles. The topological polar surface area (TPSA) is 40.5 Å². The van der Waals surface area contributed by atoms with Gasteiger partial charge in [-0.2, -0.15) is 0 Å². The minimum atomic E-state index is -0.482. The first-order valence-electron chi connectivity index (χ1n) is 8.25. The highest BCUT2D eigenvalue weighted by Gasteiger charge is 2.17. The van der Waals surface area contributed by atoms with Crippen molar-refractivity contribution < 1.29 is 18.7 Å². The van der Waals surface area contributed by atoms with Crippen LogP contribution in [0.15, 0.2) is 54.6 Å². The molecule has 134 valence electrons. The highest BCUT2D eigenvalue weighted by atomic mass is 19.1. The molecule has 0 aliphatic rings. The summed E-state index contributed by atoms with van der Waals surface area (Å²) >= 11 is 0. The van der Waals surface area contributed by atoms with Gasteiger partial charge < -0.3 is 14.0 Å². The third-order valence-electron chi connectivity index (χ3n) is 4.26. The number of carbonyl (C=O) groups is 1. The number of halogens is 1. The summed E-state index contributed by atoms with van der Waals surface area (Å²) < 4.78 is 26.1. The summed E-state index contributed by atoms with van der Waals surface area (Å²) in [5.74, 6) is 0.167. The van der Waals surface area contributed by atoms with Gasteiger partial charge in [0.05, 0.1) is 7.11 Å². The van der Waals surface area contributed by atoms with Crippen molar-refractivity contribution in [3.8, 4) is 17.2 Å². The van der Waals surface area contributed by atoms with Crippen molar-refractivity contribution in [2.45, 2.75) is 13.8 Å². The van der Waals surface area contributed by atoms with E-state index < -0.39 is 5.82 Å². The number of ether oxygens (including phenoxy) is 2. The largest absolute Gasteiger partial charge is 0.497 e. The molecule has 0 spiro atoms. The van der Waals surface area contributed by atoms with Gasteiger partial charge in [0.2, 0.25) is 5.78 Å². The molecule has 2 aromatic carbocycles. The molecule has 3 aromatic rings. The Morgan fingerprint density at radius 1 is 1.08 bits per heavy atom. The van der Waals surface area contributed by atoms with E-state index in [1.54, 1.807) is 19.2 Å². The zero-order chi connectivity index (χ0) is 18.7. The molecule has 0 aliphatic carbocycles. The number of hydrogen-bond acceptors (Lipinski definition) is 3. The van der Waals surface area contributed by atoms with Crippen LogP contribution in [-0.4, -0.2) is 24.1 Å². The third kappa shape index (κ3) is 3.47. The maximum absolute atomic E-state index is 13.6. The van der Waals surface area contributed by atoms with Crippen molar-refractivity contribution in [2.75, 3.05) is 13.7 Å². The van der Waals surface area contributed by atoms with E-state index in [0.29, 0.717) is 5.56 Å². The SMILES string of the molecule is COc1ccc(-n2c(C)cc(C(=O)COc3ccccc3F)c2C)cc1. The first-order chi connectivity index (χ1) is 12.5. The van der Waals surface area contributed by atoms with Crippen molar-refractivity contribution in [2.24, 2.45) is 0 Å². The number of ketones is 1. The molecule has 0 atom stereocenters. The van der Waals surface area contributed by atoms with Crippen molar-refractivity contribution >= 4 is 5.78 Å². The lowest BCUT2D eigenvalue weighted by Crippen LogP contribution is -2.13. The summed E-state index contributed by atoms with van der Waals surface area (Å²) in [5.41, 5.74) is 3.25. The lowest BCUT2D eigenvalue weighted by atomic mass is 10.1. The summed E-state index contributed by atoms with van der Waals surface area (Å²) in [4.78, 5) is 12.6. The van der Waals surface area contributed by atoms with Crippen molar-refractivity contribution in [3.63, 3.8) is 0 Å². The van der Waals surface area contributed by atoms with Crippen LogP contribution in [0, 0.1) is 19.7 Å². The van der Waals surface area contributed by atoms with Gasteiger partial charge in [-0.15, -0.1) is 0 Å². The fraction of sp³-hybridized carbons (Fsp3) is 0.190. The number of para-hydroxylation sites is 1. The zero-order valence-electron chi connectivity index (χ0n) is 15.0. The van der Waals surface area contributed by atoms with Gasteiger partial charge in [0, 0.05) is 22.6 Å². The summed E-state index contributed by atoms with van der Waals surface area (Å²) in [6, 6.07) is 15.5. The van der Waals surface area contributed by atoms with Gasteiger partial charge in [-0.05, 0) is 56.3 Å². The molecule has 0 N–H and O–H groups in total. The maximum atomic E-state index is 13.6. The van der Waals surface area contributed by atoms with Crippen LogP contribution in [-0.2, 0) is 0 Å². The Morgan fingerprint density at radius 3 is 2.42 bits per heavy atom. The van der Waals surface area contributed by atoms with Gasteiger partial charge in [-0.25, -0.2) is 4.39 Å². The van der Waals surface area contributed by atoms with Crippen LogP contribution in [0.1, 0.15) is 21.7 Å². The van der Waals surface area contributed by atoms with E-state index >= 15 is 0 Å². The molecule has 0 saturated heterocycles. The first kappa shape index (κ1) is 17.7. The van der Waals surface area contributed by atoms with Gasteiger partial charge in [-0.3, -0.25) is 4.79 Å². The van der Waals surface area contributed by atoms with E-state index in [1.165, 1.54) is 12.1 Å². The Bertz CT molecular complexity index is 929. The number of benzene rings is 2. The quantitative estimate of drug-likeness (QED) is 0.613. The average Bonchev–Trinajstić information content (AvgIpc) is 2.95. The van der Waals surface area contributed by atoms with E-state index in [2.05, 4.69) is 0 Å². The summed E-state index contributed by atoms with van der Waals surface area (Å²) in [6.45, 7) is 3.60. The smallest absolute Gasteiger partial charge is 0.202 e. The van der Waals surface area contributed by atoms with Crippen LogP contribution in [0.5, 0.6) is 11.5 Å². The second-order valence-corrected chi connectivity index (χ2v) is 5.96. The number of rotatable bonds is 6. The summed E-state index contributed by atoms with van der Waals surface area (Å²) in [6.07, 6.45) is 0. The second-order valence-electron chi connectivity index (χ2n) is 5.96. The van der Waals surface area contributed by atoms with Crippen LogP contribution >= 0.6 is 0 Å². The van der Waals surface area contributed by atoms with Crippen LogP contribution in [0.3, 0.4) is 0 Å². The Morgan fingerprint density at radius 2 is 1.77 bits per heavy atom. The lowest BCUT2D eigenvalue weighted by molar-refractivity contribution is 0.0918. The Labute approximate surface area is 151 Å². The Balaban J connectivity index is 1.82. The van der Waals surface area contributed by atoms with Crippen LogP contribution in [0.4, 0.5) is 4.39 Å². The molecule has 1 heterocycles. The molecule has 0 radical (unpaired) electrons. The summed E-state index contributed by atoms with van der Waals surface area (Å²) in [5, 5.41) is 0. The predicted molar refractivity (Wildman–Crippen MR) is 98.0 cm³/mol. The van der Waals surface area contributed by atoms with E-state index in [0.717, 1.165) is 22.8 Å². The molecule has 0 amide bonds. The Hall–Kier alpha value is -3.08. The number of hydrogen-bond donors (Lipinski definition) is 0. The number of aromatic nitrogens is 1. The summed E-state index contributed by atoms with van der Waals surface area (Å²) in [7, 11) is 1.62. The highest BCUT2D eigenvalue weighted by Crippen LogP contribution is 2.23. The minimum Gasteiger partial charge on any atom is -0.497 e. The highest BCUT2D eigenvalue weighted by molar-refractivity contribution is 5.98. The van der Waals surface area contributed by atoms with Gasteiger partial charge in [0.25, 0.3) is 0 Å². The molecule has 26 heavy (non-hydrogen) atoms. The van der Waals surface area contributed by atoms with Crippen LogP contribution in [0.2, 0.25) is 0 Å². The predicted octanol–water partition coefficient (Wildman–Crippen LogP) is 4.50. The van der Waals surface area contributed by atoms with E-state index in [-0.39, 0.29) is 18.1 Å². The molecule has 0 aliphatic heterocycles. The van der Waals surface area contributed by atoms with Crippen molar-refractivity contribution in [1.29, 1.82) is 0 Å². The molecular weight excluding hydrogens is 333 g/mol. The standard InChI is InChI=1S/C21H20FNO3/c1-14-12-18(20(24)13-26-21-7-5-4-6-19(21)22)15(2)23(14)16-8-10-17(25-3)11-9-16/h4-12H,13H2,1-3H3. The first-order valence-corrected chi connectivity index (χ1v) is 8.25. The molecule has 0 unspecified atom stereocenters. The van der Waals surface area contributed by atoms with Gasteiger partial charge in [-0.1, -0.05) is 12.1 Å². The van der Waals surface area contributed by atoms with E-state index in [1.807, 2.05) is 48.7 Å². The molecule has 0 bridgehead atoms. The molecule has 0 saturated carbocycles. The fourth-order valence-corrected chi connectivity index (χ4v) is 2.96. The van der Waals surface area contributed by atoms with Crippen LogP contribution < -0.4 is 9.47 Å². The molecule has 5 heteroatoms. The number of nitrogens with zero attached hydrogens (tertiary/aromatic N) is 1. The third-order valence-corrected chi connectivity index (χ3v) is 4.26. The fourth-order valence-electron chi connectivity index (χ4n) is 2.96. The lowest BCUT2D eigenvalue weighted by Gasteiger charge is -2.11. The average molecular weight is 353 g/mol. The molecule has 0 fully saturated rings. The number of aryl methyl sites for hydroxylation is 1. The number of carbonyl (C=O) groups excluding carboxylic acids is 1. The second kappa shape index (κ2) is 7.44. The minimum absolute atomic E-state index is 0.0739. The van der Waals surface area contributed by atoms with Crippen LogP contribution in [0.25, 0.3) is 5.69 Å². The molecular formula is C21H20FNO3. The van der Waals surface area contributed by atoms with E-state index in [4.69, 9.17) is 9.47 Å².